The van der Waals surface area contributed by atoms with Gasteiger partial charge in [-0.1, -0.05) is 96.8 Å². The fourth-order valence-electron chi connectivity index (χ4n) is 3.07. The van der Waals surface area contributed by atoms with Gasteiger partial charge in [0.25, 0.3) is 0 Å². The van der Waals surface area contributed by atoms with Crippen LogP contribution in [-0.4, -0.2) is 0 Å². The fourth-order valence-corrected chi connectivity index (χ4v) is 3.07. The number of rotatable bonds is 2. The maximum Gasteiger partial charge on any atom is 0.0706 e. The van der Waals surface area contributed by atoms with E-state index in [0.717, 1.165) is 5.56 Å². The Morgan fingerprint density at radius 3 is 1.92 bits per heavy atom. The Bertz CT molecular complexity index is 1030. The molecule has 0 aromatic heterocycles. The van der Waals surface area contributed by atoms with Crippen LogP contribution < -0.4 is 0 Å². The SMILES string of the molecule is C(#CC(c1ccccc1)c1ccc2ccccc2c1)c1ccccc1. The summed E-state index contributed by atoms with van der Waals surface area (Å²) >= 11 is 0. The highest BCUT2D eigenvalue weighted by Crippen LogP contribution is 2.27. The average molecular weight is 318 g/mol. The summed E-state index contributed by atoms with van der Waals surface area (Å²) in [4.78, 5) is 0. The molecule has 0 nitrogen and oxygen atoms in total. The van der Waals surface area contributed by atoms with Gasteiger partial charge in [-0.3, -0.25) is 0 Å². The minimum absolute atomic E-state index is 0.0611. The molecule has 4 aromatic carbocycles. The molecule has 0 aliphatic carbocycles. The van der Waals surface area contributed by atoms with Crippen LogP contribution >= 0.6 is 0 Å². The van der Waals surface area contributed by atoms with Crippen molar-refractivity contribution >= 4 is 10.8 Å². The molecular formula is C25H18. The van der Waals surface area contributed by atoms with Crippen molar-refractivity contribution in [3.63, 3.8) is 0 Å². The average Bonchev–Trinajstić information content (AvgIpc) is 2.70. The van der Waals surface area contributed by atoms with Crippen molar-refractivity contribution in [2.75, 3.05) is 0 Å². The van der Waals surface area contributed by atoms with E-state index in [0.29, 0.717) is 0 Å². The first-order valence-corrected chi connectivity index (χ1v) is 8.50. The Balaban J connectivity index is 1.81. The highest BCUT2D eigenvalue weighted by molar-refractivity contribution is 5.83. The molecule has 0 spiro atoms. The lowest BCUT2D eigenvalue weighted by Crippen LogP contribution is -1.98. The van der Waals surface area contributed by atoms with E-state index in [1.54, 1.807) is 0 Å². The van der Waals surface area contributed by atoms with Gasteiger partial charge < -0.3 is 0 Å². The van der Waals surface area contributed by atoms with Crippen LogP contribution in [0.3, 0.4) is 0 Å². The zero-order valence-electron chi connectivity index (χ0n) is 13.9. The topological polar surface area (TPSA) is 0 Å². The molecule has 0 saturated heterocycles. The monoisotopic (exact) mass is 318 g/mol. The van der Waals surface area contributed by atoms with Crippen molar-refractivity contribution in [3.8, 4) is 11.8 Å². The first kappa shape index (κ1) is 15.2. The van der Waals surface area contributed by atoms with Gasteiger partial charge in [-0.25, -0.2) is 0 Å². The molecule has 0 bridgehead atoms. The van der Waals surface area contributed by atoms with E-state index in [9.17, 15) is 0 Å². The molecule has 0 heterocycles. The van der Waals surface area contributed by atoms with Gasteiger partial charge in [-0.2, -0.15) is 0 Å². The Morgan fingerprint density at radius 1 is 0.520 bits per heavy atom. The van der Waals surface area contributed by atoms with Crippen molar-refractivity contribution in [3.05, 3.63) is 120 Å². The summed E-state index contributed by atoms with van der Waals surface area (Å²) in [6.07, 6.45) is 0. The molecule has 118 valence electrons. The van der Waals surface area contributed by atoms with Gasteiger partial charge in [0.2, 0.25) is 0 Å². The second-order valence-electron chi connectivity index (χ2n) is 6.09. The molecule has 0 radical (unpaired) electrons. The number of benzene rings is 4. The number of fused-ring (bicyclic) bond motifs is 1. The molecule has 1 unspecified atom stereocenters. The minimum Gasteiger partial charge on any atom is -0.0848 e. The zero-order valence-corrected chi connectivity index (χ0v) is 13.9. The van der Waals surface area contributed by atoms with Gasteiger partial charge in [0.15, 0.2) is 0 Å². The van der Waals surface area contributed by atoms with Crippen LogP contribution in [0.15, 0.2) is 103 Å². The quantitative estimate of drug-likeness (QED) is 0.396. The van der Waals surface area contributed by atoms with Crippen LogP contribution in [0.4, 0.5) is 0 Å². The summed E-state index contributed by atoms with van der Waals surface area (Å²) in [5, 5.41) is 2.51. The summed E-state index contributed by atoms with van der Waals surface area (Å²) in [5.41, 5.74) is 3.50. The second-order valence-corrected chi connectivity index (χ2v) is 6.09. The molecule has 0 N–H and O–H groups in total. The predicted molar refractivity (Wildman–Crippen MR) is 106 cm³/mol. The Kier molecular flexibility index (Phi) is 4.31. The van der Waals surface area contributed by atoms with E-state index in [1.807, 2.05) is 24.3 Å². The van der Waals surface area contributed by atoms with Crippen molar-refractivity contribution in [1.82, 2.24) is 0 Å². The smallest absolute Gasteiger partial charge is 0.0706 e. The van der Waals surface area contributed by atoms with Gasteiger partial charge in [0.1, 0.15) is 0 Å². The zero-order chi connectivity index (χ0) is 16.9. The van der Waals surface area contributed by atoms with E-state index in [1.165, 1.54) is 21.9 Å². The Labute approximate surface area is 148 Å². The molecular weight excluding hydrogens is 300 g/mol. The summed E-state index contributed by atoms with van der Waals surface area (Å²) in [6, 6.07) is 35.8. The predicted octanol–water partition coefficient (Wildman–Crippen LogP) is 6.02. The summed E-state index contributed by atoms with van der Waals surface area (Å²) < 4.78 is 0. The maximum atomic E-state index is 3.48. The van der Waals surface area contributed by atoms with Crippen molar-refractivity contribution < 1.29 is 0 Å². The van der Waals surface area contributed by atoms with Gasteiger partial charge in [-0.05, 0) is 40.1 Å². The lowest BCUT2D eigenvalue weighted by Gasteiger charge is -2.13. The maximum absolute atomic E-state index is 3.48. The van der Waals surface area contributed by atoms with Gasteiger partial charge in [0.05, 0.1) is 5.92 Å². The summed E-state index contributed by atoms with van der Waals surface area (Å²) in [6.45, 7) is 0. The molecule has 0 fully saturated rings. The second kappa shape index (κ2) is 7.07. The van der Waals surface area contributed by atoms with Crippen LogP contribution in [-0.2, 0) is 0 Å². The Hall–Kier alpha value is -3.30. The third-order valence-electron chi connectivity index (χ3n) is 4.37. The third kappa shape index (κ3) is 3.47. The molecule has 25 heavy (non-hydrogen) atoms. The molecule has 0 aliphatic heterocycles. The van der Waals surface area contributed by atoms with E-state index in [4.69, 9.17) is 0 Å². The van der Waals surface area contributed by atoms with Crippen LogP contribution in [0, 0.1) is 11.8 Å². The Morgan fingerprint density at radius 2 is 1.16 bits per heavy atom. The van der Waals surface area contributed by atoms with E-state index >= 15 is 0 Å². The molecule has 1 atom stereocenters. The molecule has 0 saturated carbocycles. The lowest BCUT2D eigenvalue weighted by atomic mass is 9.90. The van der Waals surface area contributed by atoms with Crippen LogP contribution in [0.25, 0.3) is 10.8 Å². The van der Waals surface area contributed by atoms with Crippen LogP contribution in [0.1, 0.15) is 22.6 Å². The van der Waals surface area contributed by atoms with Crippen molar-refractivity contribution in [2.45, 2.75) is 5.92 Å². The molecule has 0 heteroatoms. The fraction of sp³-hybridized carbons (Fsp3) is 0.0400. The first-order chi connectivity index (χ1) is 12.4. The van der Waals surface area contributed by atoms with E-state index < -0.39 is 0 Å². The van der Waals surface area contributed by atoms with Gasteiger partial charge in [-0.15, -0.1) is 0 Å². The van der Waals surface area contributed by atoms with Crippen LogP contribution in [0.5, 0.6) is 0 Å². The third-order valence-corrected chi connectivity index (χ3v) is 4.37. The van der Waals surface area contributed by atoms with E-state index in [2.05, 4.69) is 90.7 Å². The molecule has 4 rings (SSSR count). The molecule has 0 amide bonds. The van der Waals surface area contributed by atoms with Crippen molar-refractivity contribution in [1.29, 1.82) is 0 Å². The standard InChI is InChI=1S/C25H18/c1-3-9-20(10-4-1)15-18-25(22-12-5-2-6-13-22)24-17-16-21-11-7-8-14-23(21)19-24/h1-14,16-17,19,25H. The molecule has 0 aliphatic rings. The highest BCUT2D eigenvalue weighted by Gasteiger charge is 2.11. The van der Waals surface area contributed by atoms with Gasteiger partial charge in [0, 0.05) is 5.56 Å². The van der Waals surface area contributed by atoms with E-state index in [-0.39, 0.29) is 5.92 Å². The number of hydrogen-bond acceptors (Lipinski definition) is 0. The number of hydrogen-bond donors (Lipinski definition) is 0. The van der Waals surface area contributed by atoms with Crippen molar-refractivity contribution in [2.24, 2.45) is 0 Å². The first-order valence-electron chi connectivity index (χ1n) is 8.50. The molecule has 4 aromatic rings. The minimum atomic E-state index is 0.0611. The largest absolute Gasteiger partial charge is 0.0848 e. The summed E-state index contributed by atoms with van der Waals surface area (Å²) in [5.74, 6) is 6.88. The lowest BCUT2D eigenvalue weighted by molar-refractivity contribution is 1.07. The normalized spacial score (nSPS) is 11.5. The van der Waals surface area contributed by atoms with Crippen LogP contribution in [0.2, 0.25) is 0 Å². The summed E-state index contributed by atoms with van der Waals surface area (Å²) in [7, 11) is 0. The van der Waals surface area contributed by atoms with Gasteiger partial charge >= 0.3 is 0 Å². The highest BCUT2D eigenvalue weighted by atomic mass is 14.1.